The van der Waals surface area contributed by atoms with Gasteiger partial charge in [0.15, 0.2) is 0 Å². The minimum Gasteiger partial charge on any atom is -0.320 e. The van der Waals surface area contributed by atoms with Gasteiger partial charge < -0.3 is 5.73 Å². The Bertz CT molecular complexity index is 495. The van der Waals surface area contributed by atoms with Gasteiger partial charge in [-0.2, -0.15) is 0 Å². The fourth-order valence-corrected chi connectivity index (χ4v) is 4.68. The maximum Gasteiger partial charge on any atom is 0.0555 e. The van der Waals surface area contributed by atoms with Crippen molar-refractivity contribution in [2.24, 2.45) is 11.7 Å². The van der Waals surface area contributed by atoms with E-state index < -0.39 is 0 Å². The van der Waals surface area contributed by atoms with Crippen LogP contribution in [0.1, 0.15) is 49.0 Å². The van der Waals surface area contributed by atoms with Crippen molar-refractivity contribution < 1.29 is 0 Å². The van der Waals surface area contributed by atoms with Gasteiger partial charge >= 0.3 is 0 Å². The molecule has 2 heterocycles. The van der Waals surface area contributed by atoms with Crippen LogP contribution in [0, 0.1) is 17.8 Å². The SMILES string of the molecule is NCC#Cc1ccsc1CN1CCCC2CCCCC21. The molecule has 0 amide bonds. The van der Waals surface area contributed by atoms with Crippen molar-refractivity contribution in [2.75, 3.05) is 13.1 Å². The summed E-state index contributed by atoms with van der Waals surface area (Å²) in [7, 11) is 0. The third-order valence-electron chi connectivity index (χ3n) is 4.78. The normalized spacial score (nSPS) is 26.6. The van der Waals surface area contributed by atoms with Gasteiger partial charge in [0, 0.05) is 23.0 Å². The zero-order valence-corrected chi connectivity index (χ0v) is 12.9. The molecule has 3 rings (SSSR count). The molecule has 1 saturated carbocycles. The summed E-state index contributed by atoms with van der Waals surface area (Å²) in [6, 6.07) is 2.97. The van der Waals surface area contributed by atoms with E-state index in [1.165, 1.54) is 55.5 Å². The molecule has 2 N–H and O–H groups in total. The molecular weight excluding hydrogens is 264 g/mol. The predicted octanol–water partition coefficient (Wildman–Crippen LogP) is 3.21. The summed E-state index contributed by atoms with van der Waals surface area (Å²) in [5.41, 5.74) is 6.68. The Morgan fingerprint density at radius 3 is 3.00 bits per heavy atom. The highest BCUT2D eigenvalue weighted by atomic mass is 32.1. The van der Waals surface area contributed by atoms with Crippen molar-refractivity contribution in [3.63, 3.8) is 0 Å². The number of likely N-dealkylation sites (tertiary alicyclic amines) is 1. The molecule has 2 atom stereocenters. The molecule has 2 aliphatic rings. The van der Waals surface area contributed by atoms with Gasteiger partial charge in [0.25, 0.3) is 0 Å². The van der Waals surface area contributed by atoms with Crippen LogP contribution in [0.3, 0.4) is 0 Å². The number of fused-ring (bicyclic) bond motifs is 1. The second kappa shape index (κ2) is 6.76. The quantitative estimate of drug-likeness (QED) is 0.847. The fourth-order valence-electron chi connectivity index (χ4n) is 3.83. The molecule has 1 aliphatic carbocycles. The lowest BCUT2D eigenvalue weighted by Crippen LogP contribution is -2.46. The summed E-state index contributed by atoms with van der Waals surface area (Å²) in [5, 5.41) is 2.16. The predicted molar refractivity (Wildman–Crippen MR) is 85.6 cm³/mol. The first-order valence-electron chi connectivity index (χ1n) is 7.88. The van der Waals surface area contributed by atoms with Gasteiger partial charge in [0.05, 0.1) is 6.54 Å². The van der Waals surface area contributed by atoms with Crippen LogP contribution in [0.2, 0.25) is 0 Å². The Morgan fingerprint density at radius 2 is 2.10 bits per heavy atom. The molecule has 108 valence electrons. The van der Waals surface area contributed by atoms with Crippen LogP contribution in [0.25, 0.3) is 0 Å². The van der Waals surface area contributed by atoms with Crippen LogP contribution in [0.5, 0.6) is 0 Å². The highest BCUT2D eigenvalue weighted by molar-refractivity contribution is 7.10. The third-order valence-corrected chi connectivity index (χ3v) is 5.68. The average molecular weight is 288 g/mol. The summed E-state index contributed by atoms with van der Waals surface area (Å²) >= 11 is 1.85. The van der Waals surface area contributed by atoms with Gasteiger partial charge in [-0.3, -0.25) is 4.90 Å². The highest BCUT2D eigenvalue weighted by Gasteiger charge is 2.33. The molecule has 0 spiro atoms. The number of nitrogens with two attached hydrogens (primary N) is 1. The Labute approximate surface area is 126 Å². The monoisotopic (exact) mass is 288 g/mol. The van der Waals surface area contributed by atoms with Crippen molar-refractivity contribution in [1.82, 2.24) is 4.90 Å². The third kappa shape index (κ3) is 3.09. The lowest BCUT2D eigenvalue weighted by atomic mass is 9.78. The summed E-state index contributed by atoms with van der Waals surface area (Å²) in [6.45, 7) is 2.81. The summed E-state index contributed by atoms with van der Waals surface area (Å²) in [4.78, 5) is 4.16. The molecule has 20 heavy (non-hydrogen) atoms. The molecule has 0 radical (unpaired) electrons. The van der Waals surface area contributed by atoms with Crippen molar-refractivity contribution in [3.8, 4) is 11.8 Å². The lowest BCUT2D eigenvalue weighted by molar-refractivity contribution is 0.0554. The van der Waals surface area contributed by atoms with Gasteiger partial charge in [0.1, 0.15) is 0 Å². The number of thiophene rings is 1. The second-order valence-electron chi connectivity index (χ2n) is 5.99. The number of hydrogen-bond acceptors (Lipinski definition) is 3. The van der Waals surface area contributed by atoms with E-state index in [2.05, 4.69) is 28.2 Å². The molecule has 0 aromatic carbocycles. The van der Waals surface area contributed by atoms with E-state index in [4.69, 9.17) is 5.73 Å². The topological polar surface area (TPSA) is 29.3 Å². The summed E-state index contributed by atoms with van der Waals surface area (Å²) < 4.78 is 0. The van der Waals surface area contributed by atoms with Crippen molar-refractivity contribution in [3.05, 3.63) is 21.9 Å². The molecule has 3 heteroatoms. The largest absolute Gasteiger partial charge is 0.320 e. The molecule has 2 unspecified atom stereocenters. The highest BCUT2D eigenvalue weighted by Crippen LogP contribution is 2.36. The van der Waals surface area contributed by atoms with Gasteiger partial charge in [-0.1, -0.05) is 24.7 Å². The smallest absolute Gasteiger partial charge is 0.0555 e. The molecule has 1 saturated heterocycles. The van der Waals surface area contributed by atoms with Crippen LogP contribution in [-0.4, -0.2) is 24.0 Å². The average Bonchev–Trinajstić information content (AvgIpc) is 2.93. The Balaban J connectivity index is 1.71. The number of hydrogen-bond donors (Lipinski definition) is 1. The van der Waals surface area contributed by atoms with Crippen molar-refractivity contribution in [2.45, 2.75) is 51.1 Å². The van der Waals surface area contributed by atoms with E-state index >= 15 is 0 Å². The van der Waals surface area contributed by atoms with Gasteiger partial charge in [-0.15, -0.1) is 11.3 Å². The number of piperidine rings is 1. The van der Waals surface area contributed by atoms with Gasteiger partial charge in [-0.25, -0.2) is 0 Å². The van der Waals surface area contributed by atoms with Crippen LogP contribution >= 0.6 is 11.3 Å². The zero-order chi connectivity index (χ0) is 13.8. The van der Waals surface area contributed by atoms with Crippen LogP contribution in [0.4, 0.5) is 0 Å². The first-order valence-corrected chi connectivity index (χ1v) is 8.76. The van der Waals surface area contributed by atoms with Crippen LogP contribution in [-0.2, 0) is 6.54 Å². The van der Waals surface area contributed by atoms with E-state index in [9.17, 15) is 0 Å². The summed E-state index contributed by atoms with van der Waals surface area (Å²) in [6.07, 6.45) is 8.54. The van der Waals surface area contributed by atoms with E-state index in [0.29, 0.717) is 6.54 Å². The van der Waals surface area contributed by atoms with Crippen molar-refractivity contribution in [1.29, 1.82) is 0 Å². The minimum atomic E-state index is 0.448. The first kappa shape index (κ1) is 14.1. The molecule has 2 fully saturated rings. The zero-order valence-electron chi connectivity index (χ0n) is 12.1. The van der Waals surface area contributed by atoms with Gasteiger partial charge in [0.2, 0.25) is 0 Å². The van der Waals surface area contributed by atoms with E-state index in [1.807, 2.05) is 11.3 Å². The van der Waals surface area contributed by atoms with E-state index in [1.54, 1.807) is 0 Å². The molecule has 2 nitrogen and oxygen atoms in total. The first-order chi connectivity index (χ1) is 9.88. The van der Waals surface area contributed by atoms with E-state index in [0.717, 1.165) is 18.5 Å². The second-order valence-corrected chi connectivity index (χ2v) is 6.99. The van der Waals surface area contributed by atoms with Gasteiger partial charge in [-0.05, 0) is 49.6 Å². The minimum absolute atomic E-state index is 0.448. The summed E-state index contributed by atoms with van der Waals surface area (Å²) in [5.74, 6) is 7.17. The lowest BCUT2D eigenvalue weighted by Gasteiger charge is -2.44. The van der Waals surface area contributed by atoms with Crippen LogP contribution < -0.4 is 5.73 Å². The molecule has 1 aromatic rings. The standard InChI is InChI=1S/C17H24N2S/c18-10-3-6-15-9-12-20-17(15)13-19-11-4-7-14-5-1-2-8-16(14)19/h9,12,14,16H,1-2,4-5,7-8,10-11,13,18H2. The Morgan fingerprint density at radius 1 is 1.25 bits per heavy atom. The Hall–Kier alpha value is -0.820. The molecule has 1 aromatic heterocycles. The van der Waals surface area contributed by atoms with Crippen LogP contribution in [0.15, 0.2) is 11.4 Å². The molecule has 0 bridgehead atoms. The van der Waals surface area contributed by atoms with E-state index in [-0.39, 0.29) is 0 Å². The Kier molecular flexibility index (Phi) is 4.77. The molecule has 1 aliphatic heterocycles. The number of rotatable bonds is 2. The van der Waals surface area contributed by atoms with Crippen molar-refractivity contribution >= 4 is 11.3 Å². The fraction of sp³-hybridized carbons (Fsp3) is 0.647. The number of nitrogens with zero attached hydrogens (tertiary/aromatic N) is 1. The molecular formula is C17H24N2S. The maximum atomic E-state index is 5.49. The maximum absolute atomic E-state index is 5.49.